The Labute approximate surface area is 112 Å². The number of hydrogen-bond acceptors (Lipinski definition) is 4. The summed E-state index contributed by atoms with van der Waals surface area (Å²) in [5.74, 6) is 0.262. The van der Waals surface area contributed by atoms with Gasteiger partial charge in [-0.1, -0.05) is 6.92 Å². The highest BCUT2D eigenvalue weighted by molar-refractivity contribution is 5.95. The minimum Gasteiger partial charge on any atom is -0.504 e. The number of nitrogens with zero attached hydrogens (tertiary/aromatic N) is 1. The first kappa shape index (κ1) is 13.7. The zero-order chi connectivity index (χ0) is 13.8. The Balaban J connectivity index is 2.12. The zero-order valence-electron chi connectivity index (χ0n) is 11.3. The van der Waals surface area contributed by atoms with Gasteiger partial charge in [-0.25, -0.2) is 0 Å². The van der Waals surface area contributed by atoms with Crippen molar-refractivity contribution in [2.75, 3.05) is 26.8 Å². The molecule has 5 nitrogen and oxygen atoms in total. The molecule has 0 aromatic heterocycles. The number of aromatic hydroxyl groups is 1. The van der Waals surface area contributed by atoms with E-state index >= 15 is 0 Å². The lowest BCUT2D eigenvalue weighted by Crippen LogP contribution is -2.45. The van der Waals surface area contributed by atoms with Crippen LogP contribution in [0.1, 0.15) is 23.7 Å². The summed E-state index contributed by atoms with van der Waals surface area (Å²) in [6.45, 7) is 3.79. The van der Waals surface area contributed by atoms with Gasteiger partial charge in [0.25, 0.3) is 5.91 Å². The Kier molecular flexibility index (Phi) is 4.27. The number of phenols is 1. The molecule has 1 aliphatic rings. The summed E-state index contributed by atoms with van der Waals surface area (Å²) in [4.78, 5) is 14.1. The normalized spacial score (nSPS) is 19.3. The van der Waals surface area contributed by atoms with Gasteiger partial charge in [-0.3, -0.25) is 4.79 Å². The van der Waals surface area contributed by atoms with Gasteiger partial charge in [0.05, 0.1) is 19.8 Å². The van der Waals surface area contributed by atoms with Crippen LogP contribution in [-0.2, 0) is 4.74 Å². The van der Waals surface area contributed by atoms with Gasteiger partial charge in [0.1, 0.15) is 0 Å². The van der Waals surface area contributed by atoms with Gasteiger partial charge >= 0.3 is 0 Å². The number of benzene rings is 1. The Hall–Kier alpha value is -1.75. The molecule has 5 heteroatoms. The van der Waals surface area contributed by atoms with E-state index in [9.17, 15) is 9.90 Å². The summed E-state index contributed by atoms with van der Waals surface area (Å²) < 4.78 is 10.5. The monoisotopic (exact) mass is 265 g/mol. The summed E-state index contributed by atoms with van der Waals surface area (Å²) in [5.41, 5.74) is 0.468. The van der Waals surface area contributed by atoms with Crippen LogP contribution in [0.2, 0.25) is 0 Å². The molecule has 1 aromatic rings. The maximum absolute atomic E-state index is 12.3. The molecule has 0 saturated carbocycles. The highest BCUT2D eigenvalue weighted by Crippen LogP contribution is 2.27. The predicted molar refractivity (Wildman–Crippen MR) is 70.6 cm³/mol. The van der Waals surface area contributed by atoms with Crippen molar-refractivity contribution in [2.45, 2.75) is 19.4 Å². The van der Waals surface area contributed by atoms with Gasteiger partial charge in [-0.15, -0.1) is 0 Å². The third-order valence-corrected chi connectivity index (χ3v) is 3.31. The average Bonchev–Trinajstić information content (AvgIpc) is 2.46. The van der Waals surface area contributed by atoms with Gasteiger partial charge in [0.15, 0.2) is 11.5 Å². The molecule has 0 aliphatic carbocycles. The lowest BCUT2D eigenvalue weighted by atomic mass is 10.1. The first-order valence-corrected chi connectivity index (χ1v) is 6.43. The minimum atomic E-state index is -0.0836. The van der Waals surface area contributed by atoms with Crippen LogP contribution in [0.15, 0.2) is 18.2 Å². The summed E-state index contributed by atoms with van der Waals surface area (Å²) in [6.07, 6.45) is 0.988. The number of rotatable bonds is 3. The van der Waals surface area contributed by atoms with Gasteiger partial charge in [0.2, 0.25) is 0 Å². The molecule has 0 spiro atoms. The van der Waals surface area contributed by atoms with E-state index in [1.54, 1.807) is 17.0 Å². The highest BCUT2D eigenvalue weighted by Gasteiger charge is 2.24. The first-order chi connectivity index (χ1) is 9.15. The third kappa shape index (κ3) is 2.98. The topological polar surface area (TPSA) is 59.0 Å². The molecular formula is C14H19NO4. The molecule has 2 rings (SSSR count). The maximum Gasteiger partial charge on any atom is 0.254 e. The van der Waals surface area contributed by atoms with Crippen molar-refractivity contribution >= 4 is 5.91 Å². The van der Waals surface area contributed by atoms with E-state index in [0.29, 0.717) is 31.0 Å². The highest BCUT2D eigenvalue weighted by atomic mass is 16.5. The Morgan fingerprint density at radius 2 is 2.37 bits per heavy atom. The molecule has 0 radical (unpaired) electrons. The van der Waals surface area contributed by atoms with Crippen molar-refractivity contribution in [3.05, 3.63) is 23.8 Å². The molecule has 1 unspecified atom stereocenters. The minimum absolute atomic E-state index is 0.0198. The molecular weight excluding hydrogens is 246 g/mol. The molecule has 1 fully saturated rings. The van der Waals surface area contributed by atoms with E-state index in [1.807, 2.05) is 6.92 Å². The van der Waals surface area contributed by atoms with Crippen molar-refractivity contribution in [1.82, 2.24) is 4.90 Å². The van der Waals surface area contributed by atoms with E-state index in [-0.39, 0.29) is 17.8 Å². The van der Waals surface area contributed by atoms with E-state index in [0.717, 1.165) is 6.42 Å². The first-order valence-electron chi connectivity index (χ1n) is 6.43. The average molecular weight is 265 g/mol. The number of methoxy groups -OCH3 is 1. The molecule has 1 N–H and O–H groups in total. The van der Waals surface area contributed by atoms with Gasteiger partial charge < -0.3 is 19.5 Å². The lowest BCUT2D eigenvalue weighted by Gasteiger charge is -2.32. The van der Waals surface area contributed by atoms with Crippen molar-refractivity contribution in [1.29, 1.82) is 0 Å². The fourth-order valence-corrected chi connectivity index (χ4v) is 2.16. The van der Waals surface area contributed by atoms with E-state index < -0.39 is 0 Å². The second-order valence-electron chi connectivity index (χ2n) is 4.54. The number of hydrogen-bond donors (Lipinski definition) is 1. The third-order valence-electron chi connectivity index (χ3n) is 3.31. The van der Waals surface area contributed by atoms with Gasteiger partial charge in [-0.05, 0) is 24.6 Å². The molecule has 1 saturated heterocycles. The van der Waals surface area contributed by atoms with Crippen LogP contribution in [0.3, 0.4) is 0 Å². The van der Waals surface area contributed by atoms with Crippen LogP contribution in [-0.4, -0.2) is 48.8 Å². The second-order valence-corrected chi connectivity index (χ2v) is 4.54. The number of morpholine rings is 1. The number of carbonyl (C=O) groups excluding carboxylic acids is 1. The van der Waals surface area contributed by atoms with Crippen LogP contribution >= 0.6 is 0 Å². The number of phenolic OH excluding ortho intramolecular Hbond substituents is 1. The van der Waals surface area contributed by atoms with Gasteiger partial charge in [-0.2, -0.15) is 0 Å². The SMILES string of the molecule is CCC1CN(C(=O)c2ccc(OC)c(O)c2)CCO1. The summed E-state index contributed by atoms with van der Waals surface area (Å²) in [5, 5.41) is 9.72. The van der Waals surface area contributed by atoms with Crippen molar-refractivity contribution in [3.63, 3.8) is 0 Å². The molecule has 1 heterocycles. The standard InChI is InChI=1S/C14H19NO4/c1-3-11-9-15(6-7-19-11)14(17)10-4-5-13(18-2)12(16)8-10/h4-5,8,11,16H,3,6-7,9H2,1-2H3. The smallest absolute Gasteiger partial charge is 0.254 e. The lowest BCUT2D eigenvalue weighted by molar-refractivity contribution is -0.0226. The second kappa shape index (κ2) is 5.93. The van der Waals surface area contributed by atoms with Crippen molar-refractivity contribution in [3.8, 4) is 11.5 Å². The molecule has 1 amide bonds. The van der Waals surface area contributed by atoms with Crippen LogP contribution in [0.5, 0.6) is 11.5 Å². The predicted octanol–water partition coefficient (Wildman–Crippen LogP) is 1.65. The van der Waals surface area contributed by atoms with Gasteiger partial charge in [0, 0.05) is 18.7 Å². The molecule has 19 heavy (non-hydrogen) atoms. The van der Waals surface area contributed by atoms with Crippen LogP contribution in [0.4, 0.5) is 0 Å². The van der Waals surface area contributed by atoms with Crippen LogP contribution in [0, 0.1) is 0 Å². The number of amides is 1. The summed E-state index contributed by atoms with van der Waals surface area (Å²) in [7, 11) is 1.48. The summed E-state index contributed by atoms with van der Waals surface area (Å²) >= 11 is 0. The molecule has 1 aliphatic heterocycles. The van der Waals surface area contributed by atoms with E-state index in [1.165, 1.54) is 13.2 Å². The molecule has 0 bridgehead atoms. The Morgan fingerprint density at radius 3 is 3.00 bits per heavy atom. The molecule has 1 atom stereocenters. The number of carbonyl (C=O) groups is 1. The quantitative estimate of drug-likeness (QED) is 0.902. The fraction of sp³-hybridized carbons (Fsp3) is 0.500. The largest absolute Gasteiger partial charge is 0.504 e. The van der Waals surface area contributed by atoms with Crippen LogP contribution < -0.4 is 4.74 Å². The molecule has 1 aromatic carbocycles. The maximum atomic E-state index is 12.3. The number of ether oxygens (including phenoxy) is 2. The van der Waals surface area contributed by atoms with Crippen molar-refractivity contribution < 1.29 is 19.4 Å². The molecule has 104 valence electrons. The van der Waals surface area contributed by atoms with E-state index in [2.05, 4.69) is 0 Å². The van der Waals surface area contributed by atoms with Crippen LogP contribution in [0.25, 0.3) is 0 Å². The Bertz CT molecular complexity index is 461. The Morgan fingerprint density at radius 1 is 1.58 bits per heavy atom. The zero-order valence-corrected chi connectivity index (χ0v) is 11.3. The fourth-order valence-electron chi connectivity index (χ4n) is 2.16. The van der Waals surface area contributed by atoms with E-state index in [4.69, 9.17) is 9.47 Å². The van der Waals surface area contributed by atoms with Crippen molar-refractivity contribution in [2.24, 2.45) is 0 Å². The summed E-state index contributed by atoms with van der Waals surface area (Å²) in [6, 6.07) is 4.70.